The Labute approximate surface area is 118 Å². The molecule has 114 valence electrons. The van der Waals surface area contributed by atoms with Gasteiger partial charge >= 0.3 is 0 Å². The van der Waals surface area contributed by atoms with Crippen molar-refractivity contribution in [3.8, 4) is 0 Å². The van der Waals surface area contributed by atoms with Gasteiger partial charge in [-0.15, -0.1) is 0 Å². The van der Waals surface area contributed by atoms with Crippen molar-refractivity contribution < 1.29 is 8.42 Å². The second kappa shape index (κ2) is 8.22. The summed E-state index contributed by atoms with van der Waals surface area (Å²) in [6.45, 7) is 10.2. The highest BCUT2D eigenvalue weighted by Gasteiger charge is 2.25. The van der Waals surface area contributed by atoms with Gasteiger partial charge in [-0.2, -0.15) is 0 Å². The molecule has 0 bridgehead atoms. The Morgan fingerprint density at radius 1 is 1.21 bits per heavy atom. The third kappa shape index (κ3) is 6.23. The van der Waals surface area contributed by atoms with Gasteiger partial charge in [0.25, 0.3) is 0 Å². The zero-order chi connectivity index (χ0) is 14.3. The molecule has 2 atom stereocenters. The van der Waals surface area contributed by atoms with Gasteiger partial charge < -0.3 is 10.2 Å². The number of sulfone groups is 1. The maximum atomic E-state index is 11.7. The van der Waals surface area contributed by atoms with E-state index in [1.165, 1.54) is 6.42 Å². The largest absolute Gasteiger partial charge is 0.314 e. The summed E-state index contributed by atoms with van der Waals surface area (Å²) >= 11 is 0. The van der Waals surface area contributed by atoms with Crippen molar-refractivity contribution in [2.24, 2.45) is 5.92 Å². The highest BCUT2D eigenvalue weighted by molar-refractivity contribution is 7.91. The number of likely N-dealkylation sites (tertiary alicyclic amines) is 1. The first-order valence-electron chi connectivity index (χ1n) is 7.64. The van der Waals surface area contributed by atoms with Gasteiger partial charge in [0.05, 0.1) is 5.75 Å². The minimum absolute atomic E-state index is 0.320. The van der Waals surface area contributed by atoms with Crippen molar-refractivity contribution in [2.45, 2.75) is 46.1 Å². The van der Waals surface area contributed by atoms with Crippen molar-refractivity contribution in [1.29, 1.82) is 0 Å². The molecule has 1 N–H and O–H groups in total. The molecule has 0 spiro atoms. The molecule has 0 radical (unpaired) electrons. The average Bonchev–Trinajstić information content (AvgIpc) is 2.35. The molecule has 0 aromatic heterocycles. The molecule has 4 nitrogen and oxygen atoms in total. The van der Waals surface area contributed by atoms with Crippen molar-refractivity contribution in [3.05, 3.63) is 0 Å². The molecule has 5 heteroatoms. The average molecular weight is 290 g/mol. The topological polar surface area (TPSA) is 49.4 Å². The van der Waals surface area contributed by atoms with Crippen LogP contribution in [0, 0.1) is 5.92 Å². The summed E-state index contributed by atoms with van der Waals surface area (Å²) < 4.78 is 23.4. The van der Waals surface area contributed by atoms with E-state index in [0.29, 0.717) is 30.0 Å². The van der Waals surface area contributed by atoms with Gasteiger partial charge in [0.2, 0.25) is 0 Å². The van der Waals surface area contributed by atoms with E-state index in [-0.39, 0.29) is 0 Å². The molecule has 1 rings (SSSR count). The lowest BCUT2D eigenvalue weighted by Gasteiger charge is -2.37. The predicted octanol–water partition coefficient (Wildman–Crippen LogP) is 1.52. The number of piperidine rings is 1. The van der Waals surface area contributed by atoms with Crippen LogP contribution in [0.1, 0.15) is 40.0 Å². The molecule has 0 saturated carbocycles. The van der Waals surface area contributed by atoms with Gasteiger partial charge in [-0.25, -0.2) is 8.42 Å². The van der Waals surface area contributed by atoms with Gasteiger partial charge in [0, 0.05) is 24.9 Å². The lowest BCUT2D eigenvalue weighted by Crippen LogP contribution is -2.49. The smallest absolute Gasteiger partial charge is 0.151 e. The fourth-order valence-electron chi connectivity index (χ4n) is 2.75. The summed E-state index contributed by atoms with van der Waals surface area (Å²) in [4.78, 5) is 2.31. The standard InChI is InChI=1S/C14H30N2O2S/c1-4-7-15-14-6-8-16(12-13(14)3)9-11-19(17,18)10-5-2/h13-15H,4-12H2,1-3H3. The van der Waals surface area contributed by atoms with Gasteiger partial charge in [0.15, 0.2) is 9.84 Å². The quantitative estimate of drug-likeness (QED) is 0.736. The first-order chi connectivity index (χ1) is 8.98. The lowest BCUT2D eigenvalue weighted by molar-refractivity contribution is 0.154. The summed E-state index contributed by atoms with van der Waals surface area (Å²) in [6.07, 6.45) is 3.03. The number of hydrogen-bond donors (Lipinski definition) is 1. The highest BCUT2D eigenvalue weighted by atomic mass is 32.2. The van der Waals surface area contributed by atoms with Crippen molar-refractivity contribution in [3.63, 3.8) is 0 Å². The van der Waals surface area contributed by atoms with Crippen LogP contribution in [0.2, 0.25) is 0 Å². The number of hydrogen-bond acceptors (Lipinski definition) is 4. The monoisotopic (exact) mass is 290 g/mol. The molecule has 1 saturated heterocycles. The molecule has 0 aromatic carbocycles. The summed E-state index contributed by atoms with van der Waals surface area (Å²) in [6, 6.07) is 0.600. The predicted molar refractivity (Wildman–Crippen MR) is 81.2 cm³/mol. The van der Waals surface area contributed by atoms with Crippen LogP contribution in [-0.2, 0) is 9.84 Å². The Kier molecular flexibility index (Phi) is 7.32. The normalized spacial score (nSPS) is 25.6. The van der Waals surface area contributed by atoms with Crippen molar-refractivity contribution in [1.82, 2.24) is 10.2 Å². The second-order valence-corrected chi connectivity index (χ2v) is 8.08. The molecule has 0 aliphatic carbocycles. The van der Waals surface area contributed by atoms with Crippen LogP contribution in [0.4, 0.5) is 0 Å². The third-order valence-corrected chi connectivity index (χ3v) is 5.71. The van der Waals surface area contributed by atoms with Crippen LogP contribution in [0.15, 0.2) is 0 Å². The number of nitrogens with one attached hydrogen (secondary N) is 1. The Bertz CT molecular complexity index is 343. The minimum atomic E-state index is -2.83. The van der Waals surface area contributed by atoms with Crippen LogP contribution < -0.4 is 5.32 Å². The van der Waals surface area contributed by atoms with E-state index < -0.39 is 9.84 Å². The van der Waals surface area contributed by atoms with Gasteiger partial charge in [-0.3, -0.25) is 0 Å². The van der Waals surface area contributed by atoms with Crippen LogP contribution in [0.5, 0.6) is 0 Å². The summed E-state index contributed by atoms with van der Waals surface area (Å²) in [5, 5.41) is 3.59. The first kappa shape index (κ1) is 16.9. The van der Waals surface area contributed by atoms with Crippen LogP contribution in [-0.4, -0.2) is 57.0 Å². The molecule has 2 unspecified atom stereocenters. The second-order valence-electron chi connectivity index (χ2n) is 5.78. The van der Waals surface area contributed by atoms with Crippen LogP contribution in [0.25, 0.3) is 0 Å². The Balaban J connectivity index is 2.32. The fourth-order valence-corrected chi connectivity index (χ4v) is 4.11. The molecule has 0 amide bonds. The summed E-state index contributed by atoms with van der Waals surface area (Å²) in [5.41, 5.74) is 0. The first-order valence-corrected chi connectivity index (χ1v) is 9.46. The summed E-state index contributed by atoms with van der Waals surface area (Å²) in [7, 11) is -2.83. The molecule has 19 heavy (non-hydrogen) atoms. The summed E-state index contributed by atoms with van der Waals surface area (Å²) in [5.74, 6) is 1.26. The number of nitrogens with zero attached hydrogens (tertiary/aromatic N) is 1. The molecule has 1 fully saturated rings. The molecular weight excluding hydrogens is 260 g/mol. The molecule has 1 aliphatic rings. The van der Waals surface area contributed by atoms with Crippen LogP contribution >= 0.6 is 0 Å². The maximum absolute atomic E-state index is 11.7. The maximum Gasteiger partial charge on any atom is 0.151 e. The van der Waals surface area contributed by atoms with E-state index in [1.807, 2.05) is 6.92 Å². The Morgan fingerprint density at radius 3 is 2.53 bits per heavy atom. The van der Waals surface area contributed by atoms with E-state index in [9.17, 15) is 8.42 Å². The van der Waals surface area contributed by atoms with Gasteiger partial charge in [-0.05, 0) is 38.3 Å². The zero-order valence-electron chi connectivity index (χ0n) is 12.7. The molecular formula is C14H30N2O2S. The zero-order valence-corrected chi connectivity index (χ0v) is 13.5. The fraction of sp³-hybridized carbons (Fsp3) is 1.00. The van der Waals surface area contributed by atoms with E-state index in [1.54, 1.807) is 0 Å². The van der Waals surface area contributed by atoms with Crippen LogP contribution in [0.3, 0.4) is 0 Å². The van der Waals surface area contributed by atoms with E-state index in [2.05, 4.69) is 24.1 Å². The number of rotatable bonds is 8. The van der Waals surface area contributed by atoms with Crippen molar-refractivity contribution >= 4 is 9.84 Å². The van der Waals surface area contributed by atoms with E-state index >= 15 is 0 Å². The molecule has 0 aromatic rings. The Morgan fingerprint density at radius 2 is 1.95 bits per heavy atom. The van der Waals surface area contributed by atoms with Crippen molar-refractivity contribution in [2.75, 3.05) is 37.7 Å². The lowest BCUT2D eigenvalue weighted by atomic mass is 9.94. The minimum Gasteiger partial charge on any atom is -0.314 e. The highest BCUT2D eigenvalue weighted by Crippen LogP contribution is 2.16. The van der Waals surface area contributed by atoms with E-state index in [4.69, 9.17) is 0 Å². The third-order valence-electron chi connectivity index (χ3n) is 3.88. The molecule has 1 heterocycles. The molecule has 1 aliphatic heterocycles. The van der Waals surface area contributed by atoms with E-state index in [0.717, 1.165) is 32.5 Å². The Hall–Kier alpha value is -0.130. The van der Waals surface area contributed by atoms with Gasteiger partial charge in [-0.1, -0.05) is 20.8 Å². The SMILES string of the molecule is CCCNC1CCN(CCS(=O)(=O)CCC)CC1C. The van der Waals surface area contributed by atoms with Gasteiger partial charge in [0.1, 0.15) is 0 Å².